The number of halogens is 3. The molecule has 3 aromatic carbocycles. The zero-order chi connectivity index (χ0) is 31.8. The van der Waals surface area contributed by atoms with Gasteiger partial charge in [0.05, 0.1) is 23.0 Å². The van der Waals surface area contributed by atoms with E-state index in [2.05, 4.69) is 15.9 Å². The van der Waals surface area contributed by atoms with E-state index in [-0.39, 0.29) is 29.8 Å². The Balaban J connectivity index is 1.28. The summed E-state index contributed by atoms with van der Waals surface area (Å²) in [5.74, 6) is -5.66. The Kier molecular flexibility index (Phi) is 7.07. The molecule has 6 atom stereocenters. The van der Waals surface area contributed by atoms with E-state index < -0.39 is 57.0 Å². The number of phenolic OH excluding ortho intramolecular Hbond substituents is 1. The first-order valence-corrected chi connectivity index (χ1v) is 16.3. The van der Waals surface area contributed by atoms with Crippen LogP contribution in [0.2, 0.25) is 0 Å². The molecule has 2 aliphatic heterocycles. The van der Waals surface area contributed by atoms with Crippen molar-refractivity contribution in [2.45, 2.75) is 28.5 Å². The van der Waals surface area contributed by atoms with E-state index in [1.165, 1.54) is 12.1 Å². The van der Waals surface area contributed by atoms with Gasteiger partial charge in [0.2, 0.25) is 11.8 Å². The van der Waals surface area contributed by atoms with Gasteiger partial charge in [0.1, 0.15) is 5.75 Å². The van der Waals surface area contributed by atoms with Gasteiger partial charge in [-0.05, 0) is 60.7 Å². The predicted octanol–water partition coefficient (Wildman–Crippen LogP) is 5.54. The summed E-state index contributed by atoms with van der Waals surface area (Å²) in [5.41, 5.74) is 2.24. The number of rotatable bonds is 5. The van der Waals surface area contributed by atoms with Gasteiger partial charge in [-0.15, -0.1) is 23.2 Å². The second kappa shape index (κ2) is 10.6. The van der Waals surface area contributed by atoms with Crippen molar-refractivity contribution in [1.82, 2.24) is 4.90 Å². The van der Waals surface area contributed by atoms with E-state index >= 15 is 0 Å². The summed E-state index contributed by atoms with van der Waals surface area (Å²) in [4.78, 5) is 66.8. The van der Waals surface area contributed by atoms with Crippen molar-refractivity contribution < 1.29 is 29.1 Å². The Morgan fingerprint density at radius 1 is 0.867 bits per heavy atom. The first kappa shape index (κ1) is 29.9. The molecular weight excluding hydrogens is 683 g/mol. The van der Waals surface area contributed by atoms with Gasteiger partial charge in [-0.25, -0.2) is 0 Å². The van der Waals surface area contributed by atoms with Gasteiger partial charge in [0, 0.05) is 17.0 Å². The zero-order valence-electron chi connectivity index (χ0n) is 23.5. The Labute approximate surface area is 276 Å². The van der Waals surface area contributed by atoms with Crippen LogP contribution in [0.5, 0.6) is 5.75 Å². The summed E-state index contributed by atoms with van der Waals surface area (Å²) in [5, 5.41) is 10.4. The van der Waals surface area contributed by atoms with Crippen LogP contribution in [-0.4, -0.2) is 54.6 Å². The third-order valence-corrected chi connectivity index (χ3v) is 11.6. The van der Waals surface area contributed by atoms with Gasteiger partial charge in [0.15, 0.2) is 15.5 Å². The van der Waals surface area contributed by atoms with E-state index in [1.54, 1.807) is 60.7 Å². The molecule has 228 valence electrons. The Hall–Kier alpha value is -3.79. The fourth-order valence-electron chi connectivity index (χ4n) is 7.60. The number of carbonyl (C=O) groups excluding carboxylic acids is 5. The molecule has 0 radical (unpaired) electrons. The zero-order valence-corrected chi connectivity index (χ0v) is 26.6. The molecular formula is C34H25BrCl2N2O6. The van der Waals surface area contributed by atoms with E-state index in [9.17, 15) is 29.1 Å². The normalized spacial score (nSPS) is 30.6. The number of anilines is 1. The van der Waals surface area contributed by atoms with Crippen LogP contribution in [0.15, 0.2) is 90.5 Å². The lowest BCUT2D eigenvalue weighted by Crippen LogP contribution is -2.60. The molecule has 4 aliphatic rings. The lowest BCUT2D eigenvalue weighted by atomic mass is 9.56. The van der Waals surface area contributed by atoms with Gasteiger partial charge >= 0.3 is 0 Å². The molecule has 2 saturated heterocycles. The van der Waals surface area contributed by atoms with E-state index in [1.807, 2.05) is 12.1 Å². The Morgan fingerprint density at radius 2 is 1.56 bits per heavy atom. The lowest BCUT2D eigenvalue weighted by Gasteiger charge is -2.50. The average Bonchev–Trinajstić information content (AvgIpc) is 3.38. The summed E-state index contributed by atoms with van der Waals surface area (Å²) in [7, 11) is 0. The molecule has 8 nitrogen and oxygen atoms in total. The fraction of sp³-hybridized carbons (Fsp3) is 0.265. The molecule has 1 saturated carbocycles. The number of alkyl halides is 3. The number of benzene rings is 3. The number of likely N-dealkylation sites (tertiary alicyclic amines) is 1. The molecule has 2 heterocycles. The maximum atomic E-state index is 14.2. The van der Waals surface area contributed by atoms with Crippen molar-refractivity contribution in [3.63, 3.8) is 0 Å². The van der Waals surface area contributed by atoms with Crippen molar-refractivity contribution in [2.24, 2.45) is 17.8 Å². The van der Waals surface area contributed by atoms with Crippen molar-refractivity contribution in [1.29, 1.82) is 0 Å². The molecule has 1 N–H and O–H groups in total. The minimum Gasteiger partial charge on any atom is -0.508 e. The maximum absolute atomic E-state index is 14.2. The van der Waals surface area contributed by atoms with Crippen LogP contribution >= 0.6 is 39.1 Å². The number of phenols is 1. The highest BCUT2D eigenvalue weighted by atomic mass is 79.9. The van der Waals surface area contributed by atoms with Crippen LogP contribution in [0.1, 0.15) is 40.2 Å². The van der Waals surface area contributed by atoms with Crippen molar-refractivity contribution in [2.75, 3.05) is 10.4 Å². The summed E-state index contributed by atoms with van der Waals surface area (Å²) in [6.45, 7) is 0. The van der Waals surface area contributed by atoms with Crippen LogP contribution in [0, 0.1) is 17.8 Å². The maximum Gasteiger partial charge on any atom is 0.254 e. The second-order valence-corrected chi connectivity index (χ2v) is 13.6. The largest absolute Gasteiger partial charge is 0.508 e. The average molecular weight is 708 g/mol. The highest BCUT2D eigenvalue weighted by Gasteiger charge is 2.76. The summed E-state index contributed by atoms with van der Waals surface area (Å²) in [6.07, 6.45) is 1.92. The number of fused-ring (bicyclic) bond motifs is 4. The first-order valence-electron chi connectivity index (χ1n) is 14.4. The van der Waals surface area contributed by atoms with Gasteiger partial charge in [0.25, 0.3) is 11.8 Å². The minimum absolute atomic E-state index is 0.0639. The molecule has 0 unspecified atom stereocenters. The summed E-state index contributed by atoms with van der Waals surface area (Å²) >= 11 is 17.6. The number of allylic oxidation sites excluding steroid dienone is 2. The fourth-order valence-corrected chi connectivity index (χ4v) is 9.03. The minimum atomic E-state index is -1.94. The van der Waals surface area contributed by atoms with Crippen LogP contribution in [0.3, 0.4) is 0 Å². The number of aromatic hydroxyl groups is 1. The number of amides is 4. The first-order chi connectivity index (χ1) is 21.5. The van der Waals surface area contributed by atoms with Crippen LogP contribution < -0.4 is 4.90 Å². The molecule has 2 aliphatic carbocycles. The van der Waals surface area contributed by atoms with Crippen LogP contribution in [0.4, 0.5) is 5.69 Å². The summed E-state index contributed by atoms with van der Waals surface area (Å²) in [6, 6.07) is 21.4. The molecule has 3 aromatic rings. The lowest BCUT2D eigenvalue weighted by molar-refractivity contribution is -0.138. The van der Waals surface area contributed by atoms with Gasteiger partial charge in [-0.3, -0.25) is 33.8 Å². The second-order valence-electron chi connectivity index (χ2n) is 11.8. The van der Waals surface area contributed by atoms with Crippen molar-refractivity contribution in [3.05, 3.63) is 107 Å². The number of carbonyl (C=O) groups is 5. The van der Waals surface area contributed by atoms with E-state index in [4.69, 9.17) is 23.2 Å². The van der Waals surface area contributed by atoms with Crippen LogP contribution in [-0.2, 0) is 19.2 Å². The highest BCUT2D eigenvalue weighted by Crippen LogP contribution is 2.65. The molecule has 0 bridgehead atoms. The predicted molar refractivity (Wildman–Crippen MR) is 170 cm³/mol. The highest BCUT2D eigenvalue weighted by molar-refractivity contribution is 9.09. The van der Waals surface area contributed by atoms with Gasteiger partial charge in [-0.1, -0.05) is 70.0 Å². The third-order valence-electron chi connectivity index (χ3n) is 9.64. The Bertz CT molecular complexity index is 1830. The topological polar surface area (TPSA) is 112 Å². The number of hydrogen-bond donors (Lipinski definition) is 1. The molecule has 7 rings (SSSR count). The number of ketones is 1. The monoisotopic (exact) mass is 706 g/mol. The van der Waals surface area contributed by atoms with Gasteiger partial charge in [-0.2, -0.15) is 0 Å². The molecule has 45 heavy (non-hydrogen) atoms. The van der Waals surface area contributed by atoms with E-state index in [0.29, 0.717) is 28.0 Å². The van der Waals surface area contributed by atoms with Crippen molar-refractivity contribution in [3.8, 4) is 5.75 Å². The van der Waals surface area contributed by atoms with E-state index in [0.717, 1.165) is 9.80 Å². The standard InChI is InChI=1S/C34H25BrCl2N2O6/c35-17-38-31(44)33(36)16-25-23(27(34(33,37)32(38)45)20-7-4-8-22(40)15-20)13-14-24-26(25)30(43)39(29(24)42)21-11-9-19(10-12-21)28(41)18-5-2-1-3-6-18/h1-13,15,24-27,40H,14,16-17H2/t24-,25+,26-,27-,33+,34-/m0/s1. The smallest absolute Gasteiger partial charge is 0.254 e. The molecule has 0 spiro atoms. The summed E-state index contributed by atoms with van der Waals surface area (Å²) < 4.78 is 0. The molecule has 11 heteroatoms. The van der Waals surface area contributed by atoms with Gasteiger partial charge < -0.3 is 5.11 Å². The van der Waals surface area contributed by atoms with Crippen molar-refractivity contribution >= 4 is 74.2 Å². The molecule has 3 fully saturated rings. The SMILES string of the molecule is O=C(c1ccccc1)c1ccc(N2C(=O)[C@H]3[C@H](CC=C4[C@H]3C[C@@]3(Cl)C(=O)N(CBr)C(=O)[C@@]3(Cl)[C@H]4c3cccc(O)c3)C2=O)cc1. The van der Waals surface area contributed by atoms with Crippen LogP contribution in [0.25, 0.3) is 0 Å². The Morgan fingerprint density at radius 3 is 2.22 bits per heavy atom. The quantitative estimate of drug-likeness (QED) is 0.123. The molecule has 0 aromatic heterocycles. The molecule has 4 amide bonds. The number of nitrogens with zero attached hydrogens (tertiary/aromatic N) is 2. The number of hydrogen-bond acceptors (Lipinski definition) is 6. The number of imide groups is 2. The third kappa shape index (κ3) is 4.13.